The molecule has 2 N–H and O–H groups in total. The second-order valence-corrected chi connectivity index (χ2v) is 7.74. The van der Waals surface area contributed by atoms with E-state index in [2.05, 4.69) is 10.6 Å². The number of hydrogen-bond acceptors (Lipinski definition) is 3. The van der Waals surface area contributed by atoms with E-state index < -0.39 is 29.9 Å². The summed E-state index contributed by atoms with van der Waals surface area (Å²) < 4.78 is 0. The largest absolute Gasteiger partial charge is 0.326 e. The van der Waals surface area contributed by atoms with E-state index in [1.807, 2.05) is 12.1 Å². The number of imide groups is 1. The highest BCUT2D eigenvalue weighted by atomic mass is 35.5. The molecule has 3 aromatic carbocycles. The van der Waals surface area contributed by atoms with E-state index in [9.17, 15) is 14.4 Å². The van der Waals surface area contributed by atoms with Crippen LogP contribution >= 0.6 is 23.2 Å². The van der Waals surface area contributed by atoms with Gasteiger partial charge in [-0.05, 0) is 23.3 Å². The number of hydrogen-bond donors (Lipinski definition) is 2. The van der Waals surface area contributed by atoms with E-state index >= 15 is 0 Å². The summed E-state index contributed by atoms with van der Waals surface area (Å²) in [4.78, 5) is 39.9. The number of nitrogens with one attached hydrogen (secondary N) is 2. The van der Waals surface area contributed by atoms with Crippen LogP contribution in [-0.4, -0.2) is 29.3 Å². The molecule has 0 bridgehead atoms. The Morgan fingerprint density at radius 3 is 2.03 bits per heavy atom. The van der Waals surface area contributed by atoms with E-state index in [0.717, 1.165) is 4.90 Å². The number of rotatable bonds is 5. The van der Waals surface area contributed by atoms with Crippen LogP contribution in [0.5, 0.6) is 0 Å². The van der Waals surface area contributed by atoms with Crippen molar-refractivity contribution in [1.82, 2.24) is 10.2 Å². The first-order chi connectivity index (χ1) is 14.9. The molecule has 0 saturated carbocycles. The SMILES string of the molecule is O=C(CN1C(=O)NC(c2ccccc2)(c2ccccc2)C1=O)Nc1cccc(Cl)c1Cl. The molecule has 0 atom stereocenters. The van der Waals surface area contributed by atoms with E-state index in [4.69, 9.17) is 23.2 Å². The van der Waals surface area contributed by atoms with Gasteiger partial charge in [0.2, 0.25) is 5.91 Å². The van der Waals surface area contributed by atoms with E-state index in [1.165, 1.54) is 0 Å². The number of urea groups is 1. The molecule has 3 aromatic rings. The fraction of sp³-hybridized carbons (Fsp3) is 0.0870. The smallest absolute Gasteiger partial charge is 0.323 e. The van der Waals surface area contributed by atoms with Crippen LogP contribution in [0.1, 0.15) is 11.1 Å². The Hall–Kier alpha value is -3.35. The van der Waals surface area contributed by atoms with E-state index in [1.54, 1.807) is 66.7 Å². The minimum absolute atomic E-state index is 0.178. The molecule has 4 amide bonds. The lowest BCUT2D eigenvalue weighted by Crippen LogP contribution is -2.45. The first kappa shape index (κ1) is 20.9. The monoisotopic (exact) mass is 453 g/mol. The average Bonchev–Trinajstić information content (AvgIpc) is 3.04. The quantitative estimate of drug-likeness (QED) is 0.560. The summed E-state index contributed by atoms with van der Waals surface area (Å²) in [7, 11) is 0. The fourth-order valence-corrected chi connectivity index (χ4v) is 3.94. The van der Waals surface area contributed by atoms with E-state index in [-0.39, 0.29) is 10.0 Å². The lowest BCUT2D eigenvalue weighted by Gasteiger charge is -2.28. The van der Waals surface area contributed by atoms with Gasteiger partial charge >= 0.3 is 6.03 Å². The summed E-state index contributed by atoms with van der Waals surface area (Å²) in [5, 5.41) is 5.85. The number of carbonyl (C=O) groups is 3. The molecule has 1 saturated heterocycles. The summed E-state index contributed by atoms with van der Waals surface area (Å²) in [6.45, 7) is -0.477. The zero-order valence-electron chi connectivity index (χ0n) is 16.1. The van der Waals surface area contributed by atoms with Gasteiger partial charge in [0.1, 0.15) is 6.54 Å². The zero-order valence-corrected chi connectivity index (χ0v) is 17.7. The van der Waals surface area contributed by atoms with Gasteiger partial charge in [0.15, 0.2) is 5.54 Å². The van der Waals surface area contributed by atoms with Gasteiger partial charge in [0.05, 0.1) is 15.7 Å². The van der Waals surface area contributed by atoms with Crippen LogP contribution in [-0.2, 0) is 15.1 Å². The molecule has 1 fully saturated rings. The highest BCUT2D eigenvalue weighted by Crippen LogP contribution is 2.36. The number of carbonyl (C=O) groups excluding carboxylic acids is 3. The van der Waals surface area contributed by atoms with Crippen molar-refractivity contribution < 1.29 is 14.4 Å². The molecule has 0 aromatic heterocycles. The van der Waals surface area contributed by atoms with Crippen LogP contribution in [0.3, 0.4) is 0 Å². The summed E-state index contributed by atoms with van der Waals surface area (Å²) in [5.41, 5.74) is 0.0671. The van der Waals surface area contributed by atoms with Crippen molar-refractivity contribution in [1.29, 1.82) is 0 Å². The molecule has 0 spiro atoms. The Balaban J connectivity index is 1.65. The molecule has 1 aliphatic heterocycles. The predicted octanol–water partition coefficient (Wildman–Crippen LogP) is 4.43. The number of benzene rings is 3. The van der Waals surface area contributed by atoms with Crippen molar-refractivity contribution in [3.63, 3.8) is 0 Å². The van der Waals surface area contributed by atoms with Crippen molar-refractivity contribution in [3.8, 4) is 0 Å². The third kappa shape index (κ3) is 3.76. The average molecular weight is 454 g/mol. The molecule has 4 rings (SSSR count). The number of anilines is 1. The molecule has 0 radical (unpaired) electrons. The second-order valence-electron chi connectivity index (χ2n) is 6.95. The van der Waals surface area contributed by atoms with Crippen LogP contribution in [0.25, 0.3) is 0 Å². The number of nitrogens with zero attached hydrogens (tertiary/aromatic N) is 1. The maximum absolute atomic E-state index is 13.6. The van der Waals surface area contributed by atoms with Gasteiger partial charge in [-0.25, -0.2) is 4.79 Å². The van der Waals surface area contributed by atoms with Crippen LogP contribution in [0.4, 0.5) is 10.5 Å². The maximum Gasteiger partial charge on any atom is 0.326 e. The number of halogens is 2. The van der Waals surface area contributed by atoms with Gasteiger partial charge in [-0.1, -0.05) is 89.9 Å². The zero-order chi connectivity index (χ0) is 22.0. The highest BCUT2D eigenvalue weighted by molar-refractivity contribution is 6.44. The van der Waals surface area contributed by atoms with Gasteiger partial charge < -0.3 is 10.6 Å². The Morgan fingerprint density at radius 1 is 0.871 bits per heavy atom. The van der Waals surface area contributed by atoms with Gasteiger partial charge in [0, 0.05) is 0 Å². The van der Waals surface area contributed by atoms with Gasteiger partial charge in [-0.15, -0.1) is 0 Å². The minimum atomic E-state index is -1.42. The molecule has 1 heterocycles. The molecular weight excluding hydrogens is 437 g/mol. The van der Waals surface area contributed by atoms with Crippen LogP contribution < -0.4 is 10.6 Å². The summed E-state index contributed by atoms with van der Waals surface area (Å²) in [6.07, 6.45) is 0. The van der Waals surface area contributed by atoms with Crippen LogP contribution in [0.2, 0.25) is 10.0 Å². The Labute approximate surface area is 188 Å². The summed E-state index contributed by atoms with van der Waals surface area (Å²) >= 11 is 12.1. The standard InChI is InChI=1S/C23H17Cl2N3O3/c24-17-12-7-13-18(20(17)25)26-19(29)14-28-21(30)23(27-22(28)31,15-8-3-1-4-9-15)16-10-5-2-6-11-16/h1-13H,14H2,(H,26,29)(H,27,31). The first-order valence-corrected chi connectivity index (χ1v) is 10.2. The highest BCUT2D eigenvalue weighted by Gasteiger charge is 2.54. The third-order valence-corrected chi connectivity index (χ3v) is 5.87. The molecule has 0 aliphatic carbocycles. The normalized spacial score (nSPS) is 15.0. The molecule has 0 unspecified atom stereocenters. The molecule has 1 aliphatic rings. The molecule has 6 nitrogen and oxygen atoms in total. The molecule has 8 heteroatoms. The van der Waals surface area contributed by atoms with Gasteiger partial charge in [-0.3, -0.25) is 14.5 Å². The lowest BCUT2D eigenvalue weighted by molar-refractivity contribution is -0.133. The summed E-state index contributed by atoms with van der Waals surface area (Å²) in [5.74, 6) is -1.12. The topological polar surface area (TPSA) is 78.5 Å². The Bertz CT molecular complexity index is 1110. The van der Waals surface area contributed by atoms with Crippen molar-refractivity contribution in [2.24, 2.45) is 0 Å². The lowest BCUT2D eigenvalue weighted by atomic mass is 9.82. The Kier molecular flexibility index (Phi) is 5.67. The van der Waals surface area contributed by atoms with Gasteiger partial charge in [-0.2, -0.15) is 0 Å². The van der Waals surface area contributed by atoms with Crippen molar-refractivity contribution >= 4 is 46.7 Å². The van der Waals surface area contributed by atoms with Crippen LogP contribution in [0, 0.1) is 0 Å². The molecular formula is C23H17Cl2N3O3. The van der Waals surface area contributed by atoms with Crippen LogP contribution in [0.15, 0.2) is 78.9 Å². The van der Waals surface area contributed by atoms with Gasteiger partial charge in [0.25, 0.3) is 5.91 Å². The third-order valence-electron chi connectivity index (χ3n) is 5.05. The van der Waals surface area contributed by atoms with Crippen molar-refractivity contribution in [3.05, 3.63) is 100 Å². The first-order valence-electron chi connectivity index (χ1n) is 9.42. The van der Waals surface area contributed by atoms with E-state index in [0.29, 0.717) is 16.8 Å². The fourth-order valence-electron chi connectivity index (χ4n) is 3.59. The second kappa shape index (κ2) is 8.41. The molecule has 156 valence electrons. The Morgan fingerprint density at radius 2 is 1.45 bits per heavy atom. The summed E-state index contributed by atoms with van der Waals surface area (Å²) in [6, 6.07) is 22.0. The van der Waals surface area contributed by atoms with Crippen molar-refractivity contribution in [2.75, 3.05) is 11.9 Å². The van der Waals surface area contributed by atoms with Crippen molar-refractivity contribution in [2.45, 2.75) is 5.54 Å². The minimum Gasteiger partial charge on any atom is -0.323 e. The number of amides is 4. The predicted molar refractivity (Wildman–Crippen MR) is 119 cm³/mol. The molecule has 31 heavy (non-hydrogen) atoms. The maximum atomic E-state index is 13.6.